The molecular weight excluding hydrogens is 319 g/mol. The Balaban J connectivity index is 1.36. The quantitative estimate of drug-likeness (QED) is 0.877. The van der Waals surface area contributed by atoms with E-state index in [-0.39, 0.29) is 5.91 Å². The third-order valence-corrected chi connectivity index (χ3v) is 4.58. The molecule has 132 valence electrons. The van der Waals surface area contributed by atoms with E-state index in [0.717, 1.165) is 32.4 Å². The van der Waals surface area contributed by atoms with Crippen LogP contribution in [0.15, 0.2) is 42.7 Å². The van der Waals surface area contributed by atoms with Crippen molar-refractivity contribution in [3.05, 3.63) is 54.1 Å². The van der Waals surface area contributed by atoms with Crippen molar-refractivity contribution in [3.63, 3.8) is 0 Å². The molecule has 6 heteroatoms. The first-order chi connectivity index (χ1) is 12.2. The summed E-state index contributed by atoms with van der Waals surface area (Å²) in [5.41, 5.74) is 1.19. The lowest BCUT2D eigenvalue weighted by molar-refractivity contribution is -0.121. The maximum Gasteiger partial charge on any atom is 0.225 e. The summed E-state index contributed by atoms with van der Waals surface area (Å²) in [6.45, 7) is 2.37. The first kappa shape index (κ1) is 17.3. The van der Waals surface area contributed by atoms with Gasteiger partial charge in [0.1, 0.15) is 0 Å². The van der Waals surface area contributed by atoms with Crippen LogP contribution in [-0.2, 0) is 11.2 Å². The standard InChI is InChI=1S/C19H23FN4O/c20-17-13-22-19(23-14-17)24-10-8-16(9-11-24)12-21-18(25)7-6-15-4-2-1-3-5-15/h1-5,13-14,16H,6-12H2,(H,21,25). The van der Waals surface area contributed by atoms with Gasteiger partial charge >= 0.3 is 0 Å². The van der Waals surface area contributed by atoms with Gasteiger partial charge in [0.25, 0.3) is 0 Å². The van der Waals surface area contributed by atoms with Gasteiger partial charge in [0, 0.05) is 26.1 Å². The molecule has 1 amide bonds. The predicted octanol–water partition coefficient (Wildman–Crippen LogP) is 2.58. The van der Waals surface area contributed by atoms with Gasteiger partial charge in [-0.1, -0.05) is 30.3 Å². The van der Waals surface area contributed by atoms with Gasteiger partial charge in [-0.25, -0.2) is 14.4 Å². The molecule has 0 radical (unpaired) electrons. The van der Waals surface area contributed by atoms with Gasteiger partial charge in [0.05, 0.1) is 12.4 Å². The summed E-state index contributed by atoms with van der Waals surface area (Å²) < 4.78 is 12.9. The molecule has 0 aliphatic carbocycles. The molecule has 1 N–H and O–H groups in total. The van der Waals surface area contributed by atoms with Crippen LogP contribution in [0.2, 0.25) is 0 Å². The van der Waals surface area contributed by atoms with E-state index < -0.39 is 5.82 Å². The number of piperidine rings is 1. The molecule has 3 rings (SSSR count). The largest absolute Gasteiger partial charge is 0.356 e. The Morgan fingerprint density at radius 3 is 2.52 bits per heavy atom. The first-order valence-corrected chi connectivity index (χ1v) is 8.74. The van der Waals surface area contributed by atoms with Crippen LogP contribution in [-0.4, -0.2) is 35.5 Å². The van der Waals surface area contributed by atoms with Gasteiger partial charge in [-0.15, -0.1) is 0 Å². The minimum absolute atomic E-state index is 0.105. The van der Waals surface area contributed by atoms with Crippen LogP contribution in [0.25, 0.3) is 0 Å². The fourth-order valence-electron chi connectivity index (χ4n) is 3.05. The van der Waals surface area contributed by atoms with Gasteiger partial charge in [-0.2, -0.15) is 0 Å². The van der Waals surface area contributed by atoms with Crippen LogP contribution in [0.3, 0.4) is 0 Å². The van der Waals surface area contributed by atoms with E-state index in [4.69, 9.17) is 0 Å². The van der Waals surface area contributed by atoms with Crippen molar-refractivity contribution in [2.45, 2.75) is 25.7 Å². The monoisotopic (exact) mass is 342 g/mol. The number of carbonyl (C=O) groups is 1. The van der Waals surface area contributed by atoms with Gasteiger partial charge in [0.2, 0.25) is 11.9 Å². The van der Waals surface area contributed by atoms with Crippen molar-refractivity contribution in [3.8, 4) is 0 Å². The highest BCUT2D eigenvalue weighted by atomic mass is 19.1. The fraction of sp³-hybridized carbons (Fsp3) is 0.421. The second-order valence-electron chi connectivity index (χ2n) is 6.42. The number of anilines is 1. The van der Waals surface area contributed by atoms with E-state index in [0.29, 0.717) is 24.8 Å². The van der Waals surface area contributed by atoms with Crippen molar-refractivity contribution in [1.82, 2.24) is 15.3 Å². The second kappa shape index (κ2) is 8.55. The number of aromatic nitrogens is 2. The molecule has 2 aromatic rings. The van der Waals surface area contributed by atoms with Crippen molar-refractivity contribution in [2.75, 3.05) is 24.5 Å². The highest BCUT2D eigenvalue weighted by molar-refractivity contribution is 5.76. The van der Waals surface area contributed by atoms with Crippen LogP contribution >= 0.6 is 0 Å². The molecule has 25 heavy (non-hydrogen) atoms. The zero-order valence-electron chi connectivity index (χ0n) is 14.2. The number of aryl methyl sites for hydroxylation is 1. The number of rotatable bonds is 6. The van der Waals surface area contributed by atoms with Crippen LogP contribution in [0, 0.1) is 11.7 Å². The Bertz CT molecular complexity index is 670. The van der Waals surface area contributed by atoms with Crippen molar-refractivity contribution < 1.29 is 9.18 Å². The summed E-state index contributed by atoms with van der Waals surface area (Å²) >= 11 is 0. The van der Waals surface area contributed by atoms with E-state index in [1.54, 1.807) is 0 Å². The molecule has 0 bridgehead atoms. The Labute approximate surface area is 147 Å². The summed E-state index contributed by atoms with van der Waals surface area (Å²) in [5.74, 6) is 0.731. The van der Waals surface area contributed by atoms with Crippen LogP contribution in [0.1, 0.15) is 24.8 Å². The summed E-state index contributed by atoms with van der Waals surface area (Å²) in [6.07, 6.45) is 5.63. The van der Waals surface area contributed by atoms with Gasteiger partial charge in [-0.3, -0.25) is 4.79 Å². The van der Waals surface area contributed by atoms with Crippen molar-refractivity contribution in [1.29, 1.82) is 0 Å². The molecule has 0 saturated carbocycles. The summed E-state index contributed by atoms with van der Waals surface area (Å²) in [7, 11) is 0. The molecule has 1 aromatic carbocycles. The van der Waals surface area contributed by atoms with Crippen LogP contribution in [0.4, 0.5) is 10.3 Å². The minimum Gasteiger partial charge on any atom is -0.356 e. The molecule has 1 fully saturated rings. The number of amides is 1. The van der Waals surface area contributed by atoms with Gasteiger partial charge in [0.15, 0.2) is 5.82 Å². The smallest absolute Gasteiger partial charge is 0.225 e. The molecule has 0 unspecified atom stereocenters. The molecule has 0 atom stereocenters. The maximum absolute atomic E-state index is 12.9. The van der Waals surface area contributed by atoms with Crippen LogP contribution < -0.4 is 10.2 Å². The zero-order chi connectivity index (χ0) is 17.5. The summed E-state index contributed by atoms with van der Waals surface area (Å²) in [4.78, 5) is 22.1. The lowest BCUT2D eigenvalue weighted by atomic mass is 9.97. The molecule has 5 nitrogen and oxygen atoms in total. The van der Waals surface area contributed by atoms with Gasteiger partial charge < -0.3 is 10.2 Å². The summed E-state index contributed by atoms with van der Waals surface area (Å²) in [5, 5.41) is 3.05. The highest BCUT2D eigenvalue weighted by Crippen LogP contribution is 2.19. The Morgan fingerprint density at radius 1 is 1.16 bits per heavy atom. The number of nitrogens with zero attached hydrogens (tertiary/aromatic N) is 3. The first-order valence-electron chi connectivity index (χ1n) is 8.74. The molecule has 1 aromatic heterocycles. The van der Waals surface area contributed by atoms with E-state index in [9.17, 15) is 9.18 Å². The van der Waals surface area contributed by atoms with Crippen LogP contribution in [0.5, 0.6) is 0 Å². The van der Waals surface area contributed by atoms with E-state index >= 15 is 0 Å². The fourth-order valence-corrected chi connectivity index (χ4v) is 3.05. The molecular formula is C19H23FN4O. The lowest BCUT2D eigenvalue weighted by Gasteiger charge is -2.31. The van der Waals surface area contributed by atoms with E-state index in [1.807, 2.05) is 30.3 Å². The van der Waals surface area contributed by atoms with E-state index in [2.05, 4.69) is 20.2 Å². The number of carbonyl (C=O) groups excluding carboxylic acids is 1. The molecule has 2 heterocycles. The van der Waals surface area contributed by atoms with Gasteiger partial charge in [-0.05, 0) is 30.7 Å². The summed E-state index contributed by atoms with van der Waals surface area (Å²) in [6, 6.07) is 10.0. The topological polar surface area (TPSA) is 58.1 Å². The maximum atomic E-state index is 12.9. The lowest BCUT2D eigenvalue weighted by Crippen LogP contribution is -2.39. The minimum atomic E-state index is -0.420. The zero-order valence-corrected chi connectivity index (χ0v) is 14.2. The number of benzene rings is 1. The number of hydrogen-bond acceptors (Lipinski definition) is 4. The molecule has 1 saturated heterocycles. The third kappa shape index (κ3) is 5.24. The third-order valence-electron chi connectivity index (χ3n) is 4.58. The SMILES string of the molecule is O=C(CCc1ccccc1)NCC1CCN(c2ncc(F)cn2)CC1. The number of halogens is 1. The Hall–Kier alpha value is -2.50. The molecule has 1 aliphatic heterocycles. The predicted molar refractivity (Wildman–Crippen MR) is 94.7 cm³/mol. The molecule has 1 aliphatic rings. The Kier molecular flexibility index (Phi) is 5.93. The van der Waals surface area contributed by atoms with Crippen molar-refractivity contribution >= 4 is 11.9 Å². The Morgan fingerprint density at radius 2 is 1.84 bits per heavy atom. The average molecular weight is 342 g/mol. The van der Waals surface area contributed by atoms with Crippen molar-refractivity contribution in [2.24, 2.45) is 5.92 Å². The number of nitrogens with one attached hydrogen (secondary N) is 1. The van der Waals surface area contributed by atoms with E-state index in [1.165, 1.54) is 18.0 Å². The highest BCUT2D eigenvalue weighted by Gasteiger charge is 2.21. The average Bonchev–Trinajstić information content (AvgIpc) is 2.67. The number of hydrogen-bond donors (Lipinski definition) is 1. The molecule has 0 spiro atoms. The second-order valence-corrected chi connectivity index (χ2v) is 6.42. The normalized spacial score (nSPS) is 15.2.